The van der Waals surface area contributed by atoms with Gasteiger partial charge in [-0.1, -0.05) is 11.6 Å². The molecule has 0 aliphatic carbocycles. The number of nitrogens with one attached hydrogen (secondary N) is 1. The van der Waals surface area contributed by atoms with Gasteiger partial charge in [0.25, 0.3) is 0 Å². The predicted octanol–water partition coefficient (Wildman–Crippen LogP) is 2.74. The van der Waals surface area contributed by atoms with Gasteiger partial charge in [0, 0.05) is 18.5 Å². The van der Waals surface area contributed by atoms with Crippen molar-refractivity contribution in [2.75, 3.05) is 11.1 Å². The number of hydrogen-bond donors (Lipinski definition) is 2. The summed E-state index contributed by atoms with van der Waals surface area (Å²) >= 11 is 5.81. The number of nitrogen functional groups attached to an aromatic ring is 1. The van der Waals surface area contributed by atoms with Crippen LogP contribution in [0.2, 0.25) is 5.15 Å². The zero-order chi connectivity index (χ0) is 13.0. The maximum atomic E-state index is 5.81. The minimum absolute atomic E-state index is 0.170. The quantitative estimate of drug-likeness (QED) is 0.814. The highest BCUT2D eigenvalue weighted by atomic mass is 35.5. The molecule has 1 unspecified atom stereocenters. The monoisotopic (exact) mass is 266 g/mol. The molecular formula is C12H15ClN4O. The predicted molar refractivity (Wildman–Crippen MR) is 71.6 cm³/mol. The summed E-state index contributed by atoms with van der Waals surface area (Å²) < 4.78 is 5.28. The number of nitrogens with two attached hydrogens (primary N) is 1. The minimum Gasteiger partial charge on any atom is -0.469 e. The van der Waals surface area contributed by atoms with Crippen molar-refractivity contribution >= 4 is 23.4 Å². The Morgan fingerprint density at radius 1 is 1.50 bits per heavy atom. The Balaban J connectivity index is 1.88. The summed E-state index contributed by atoms with van der Waals surface area (Å²) in [4.78, 5) is 7.87. The molecule has 1 atom stereocenters. The van der Waals surface area contributed by atoms with Gasteiger partial charge in [-0.05, 0) is 25.5 Å². The standard InChI is InChI=1S/C12H15ClN4O/c1-8(4-5-9-3-2-6-18-9)15-11-7-10(13)16-12(14)17-11/h2-3,6-8H,4-5H2,1H3,(H3,14,15,16,17). The smallest absolute Gasteiger partial charge is 0.223 e. The van der Waals surface area contributed by atoms with Gasteiger partial charge in [-0.3, -0.25) is 0 Å². The molecule has 0 saturated carbocycles. The first-order valence-corrected chi connectivity index (χ1v) is 6.10. The van der Waals surface area contributed by atoms with Gasteiger partial charge in [-0.2, -0.15) is 4.98 Å². The molecule has 0 amide bonds. The fourth-order valence-electron chi connectivity index (χ4n) is 1.65. The average Bonchev–Trinajstić information content (AvgIpc) is 2.77. The third-order valence-electron chi connectivity index (χ3n) is 2.51. The SMILES string of the molecule is CC(CCc1ccco1)Nc1cc(Cl)nc(N)n1. The van der Waals surface area contributed by atoms with Crippen LogP contribution in [0.25, 0.3) is 0 Å². The van der Waals surface area contributed by atoms with Gasteiger partial charge in [-0.15, -0.1) is 0 Å². The van der Waals surface area contributed by atoms with Crippen molar-refractivity contribution in [3.8, 4) is 0 Å². The lowest BCUT2D eigenvalue weighted by Crippen LogP contribution is -2.17. The van der Waals surface area contributed by atoms with E-state index < -0.39 is 0 Å². The highest BCUT2D eigenvalue weighted by molar-refractivity contribution is 6.29. The first-order valence-electron chi connectivity index (χ1n) is 5.72. The Labute approximate surface area is 110 Å². The molecule has 2 aromatic heterocycles. The molecule has 0 aliphatic heterocycles. The Morgan fingerprint density at radius 3 is 3.00 bits per heavy atom. The van der Waals surface area contributed by atoms with Gasteiger partial charge in [0.05, 0.1) is 6.26 Å². The second-order valence-electron chi connectivity index (χ2n) is 4.10. The van der Waals surface area contributed by atoms with E-state index in [0.29, 0.717) is 11.0 Å². The van der Waals surface area contributed by atoms with E-state index in [1.54, 1.807) is 12.3 Å². The van der Waals surface area contributed by atoms with Crippen molar-refractivity contribution in [1.29, 1.82) is 0 Å². The molecule has 0 bridgehead atoms. The van der Waals surface area contributed by atoms with Gasteiger partial charge < -0.3 is 15.5 Å². The van der Waals surface area contributed by atoms with Crippen LogP contribution in [0.5, 0.6) is 0 Å². The molecule has 0 fully saturated rings. The van der Waals surface area contributed by atoms with Gasteiger partial charge in [0.1, 0.15) is 16.7 Å². The van der Waals surface area contributed by atoms with E-state index in [1.807, 2.05) is 12.1 Å². The van der Waals surface area contributed by atoms with Crippen molar-refractivity contribution in [3.05, 3.63) is 35.4 Å². The fourth-order valence-corrected chi connectivity index (χ4v) is 1.84. The number of aryl methyl sites for hydroxylation is 1. The Bertz CT molecular complexity index is 481. The van der Waals surface area contributed by atoms with E-state index in [-0.39, 0.29) is 12.0 Å². The second kappa shape index (κ2) is 5.73. The van der Waals surface area contributed by atoms with E-state index >= 15 is 0 Å². The summed E-state index contributed by atoms with van der Waals surface area (Å²) in [6, 6.07) is 5.74. The lowest BCUT2D eigenvalue weighted by Gasteiger charge is -2.14. The molecule has 5 nitrogen and oxygen atoms in total. The van der Waals surface area contributed by atoms with Crippen molar-refractivity contribution < 1.29 is 4.42 Å². The van der Waals surface area contributed by atoms with Crippen LogP contribution in [0, 0.1) is 0 Å². The molecule has 2 heterocycles. The summed E-state index contributed by atoms with van der Waals surface area (Å²) in [7, 11) is 0. The van der Waals surface area contributed by atoms with Crippen LogP contribution in [0.4, 0.5) is 11.8 Å². The van der Waals surface area contributed by atoms with Crippen LogP contribution >= 0.6 is 11.6 Å². The van der Waals surface area contributed by atoms with E-state index in [2.05, 4.69) is 22.2 Å². The highest BCUT2D eigenvalue weighted by Gasteiger charge is 2.06. The summed E-state index contributed by atoms with van der Waals surface area (Å²) in [6.45, 7) is 2.06. The van der Waals surface area contributed by atoms with E-state index in [4.69, 9.17) is 21.8 Å². The Kier molecular flexibility index (Phi) is 4.04. The summed E-state index contributed by atoms with van der Waals surface area (Å²) in [6.07, 6.45) is 3.48. The number of hydrogen-bond acceptors (Lipinski definition) is 5. The second-order valence-corrected chi connectivity index (χ2v) is 4.48. The first-order chi connectivity index (χ1) is 8.63. The number of aromatic nitrogens is 2. The van der Waals surface area contributed by atoms with Crippen LogP contribution in [0.1, 0.15) is 19.1 Å². The van der Waals surface area contributed by atoms with E-state index in [0.717, 1.165) is 18.6 Å². The molecule has 0 spiro atoms. The topological polar surface area (TPSA) is 77.0 Å². The Hall–Kier alpha value is -1.75. The van der Waals surface area contributed by atoms with Gasteiger partial charge in [-0.25, -0.2) is 4.98 Å². The van der Waals surface area contributed by atoms with E-state index in [9.17, 15) is 0 Å². The zero-order valence-corrected chi connectivity index (χ0v) is 10.8. The summed E-state index contributed by atoms with van der Waals surface area (Å²) in [5.74, 6) is 1.78. The minimum atomic E-state index is 0.170. The summed E-state index contributed by atoms with van der Waals surface area (Å²) in [5.41, 5.74) is 5.52. The lowest BCUT2D eigenvalue weighted by atomic mass is 10.1. The van der Waals surface area contributed by atoms with Crippen molar-refractivity contribution in [2.24, 2.45) is 0 Å². The van der Waals surface area contributed by atoms with Gasteiger partial charge in [0.15, 0.2) is 0 Å². The van der Waals surface area contributed by atoms with Crippen molar-refractivity contribution in [1.82, 2.24) is 9.97 Å². The van der Waals surface area contributed by atoms with Gasteiger partial charge >= 0.3 is 0 Å². The summed E-state index contributed by atoms with van der Waals surface area (Å²) in [5, 5.41) is 3.57. The fraction of sp³-hybridized carbons (Fsp3) is 0.333. The number of anilines is 2. The van der Waals surface area contributed by atoms with Gasteiger partial charge in [0.2, 0.25) is 5.95 Å². The van der Waals surface area contributed by atoms with Crippen LogP contribution in [0.3, 0.4) is 0 Å². The number of furan rings is 1. The van der Waals surface area contributed by atoms with E-state index in [1.165, 1.54) is 0 Å². The molecule has 0 aliphatic rings. The average molecular weight is 267 g/mol. The molecule has 18 heavy (non-hydrogen) atoms. The lowest BCUT2D eigenvalue weighted by molar-refractivity contribution is 0.495. The molecule has 2 rings (SSSR count). The molecule has 0 saturated heterocycles. The van der Waals surface area contributed by atoms with Crippen molar-refractivity contribution in [3.63, 3.8) is 0 Å². The molecule has 96 valence electrons. The largest absolute Gasteiger partial charge is 0.469 e. The van der Waals surface area contributed by atoms with Crippen LogP contribution in [-0.4, -0.2) is 16.0 Å². The molecule has 6 heteroatoms. The molecule has 2 aromatic rings. The molecule has 3 N–H and O–H groups in total. The number of rotatable bonds is 5. The van der Waals surface area contributed by atoms with Crippen LogP contribution < -0.4 is 11.1 Å². The Morgan fingerprint density at radius 2 is 2.33 bits per heavy atom. The number of nitrogens with zero attached hydrogens (tertiary/aromatic N) is 2. The molecule has 0 aromatic carbocycles. The van der Waals surface area contributed by atoms with Crippen LogP contribution in [0.15, 0.2) is 28.9 Å². The molecule has 0 radical (unpaired) electrons. The maximum Gasteiger partial charge on any atom is 0.223 e. The third kappa shape index (κ3) is 3.63. The normalized spacial score (nSPS) is 12.3. The van der Waals surface area contributed by atoms with Crippen LogP contribution in [-0.2, 0) is 6.42 Å². The first kappa shape index (κ1) is 12.7. The zero-order valence-electron chi connectivity index (χ0n) is 10.1. The highest BCUT2D eigenvalue weighted by Crippen LogP contribution is 2.15. The third-order valence-corrected chi connectivity index (χ3v) is 2.70. The number of halogens is 1. The molecular weight excluding hydrogens is 252 g/mol. The maximum absolute atomic E-state index is 5.81. The van der Waals surface area contributed by atoms with Crippen molar-refractivity contribution in [2.45, 2.75) is 25.8 Å².